The van der Waals surface area contributed by atoms with Crippen molar-refractivity contribution in [1.29, 1.82) is 0 Å². The quantitative estimate of drug-likeness (QED) is 0.578. The number of rotatable bonds is 8. The highest BCUT2D eigenvalue weighted by Gasteiger charge is 2.07. The van der Waals surface area contributed by atoms with Crippen molar-refractivity contribution in [2.75, 3.05) is 31.7 Å². The van der Waals surface area contributed by atoms with Crippen LogP contribution in [0.15, 0.2) is 36.5 Å². The Kier molecular flexibility index (Phi) is 6.40. The minimum Gasteiger partial charge on any atom is -0.394 e. The van der Waals surface area contributed by atoms with Crippen LogP contribution >= 0.6 is 11.6 Å². The molecule has 112 valence electrons. The summed E-state index contributed by atoms with van der Waals surface area (Å²) in [6.07, 6.45) is 2.47. The lowest BCUT2D eigenvalue weighted by Crippen LogP contribution is -2.14. The third-order valence-electron chi connectivity index (χ3n) is 2.85. The van der Waals surface area contributed by atoms with Crippen LogP contribution < -0.4 is 5.32 Å². The third kappa shape index (κ3) is 5.30. The minimum absolute atomic E-state index is 0.0264. The molecular weight excluding hydrogens is 290 g/mol. The number of anilines is 1. The Labute approximate surface area is 129 Å². The van der Waals surface area contributed by atoms with Crippen molar-refractivity contribution >= 4 is 17.4 Å². The Morgan fingerprint density at radius 3 is 2.76 bits per heavy atom. The van der Waals surface area contributed by atoms with Crippen LogP contribution in [0.3, 0.4) is 0 Å². The molecule has 2 rings (SSSR count). The van der Waals surface area contributed by atoms with E-state index in [0.717, 1.165) is 12.0 Å². The Balaban J connectivity index is 2.00. The van der Waals surface area contributed by atoms with E-state index in [4.69, 9.17) is 21.4 Å². The summed E-state index contributed by atoms with van der Waals surface area (Å²) in [6, 6.07) is 10.1. The fraction of sp³-hybridized carbons (Fsp3) is 0.333. The second-order valence-electron chi connectivity index (χ2n) is 4.44. The number of aliphatic hydroxyl groups excluding tert-OH is 1. The molecule has 0 unspecified atom stereocenters. The highest BCUT2D eigenvalue weighted by atomic mass is 35.5. The summed E-state index contributed by atoms with van der Waals surface area (Å²) >= 11 is 5.86. The van der Waals surface area contributed by atoms with Gasteiger partial charge in [-0.2, -0.15) is 0 Å². The number of hydrogen-bond donors (Lipinski definition) is 2. The van der Waals surface area contributed by atoms with Gasteiger partial charge in [0.1, 0.15) is 5.82 Å². The standard InChI is InChI=1S/C15H18ClN3O2/c16-15-18-11-13(10-12-4-2-1-3-5-12)14(19-15)17-6-8-21-9-7-20/h1-5,11,20H,6-10H2,(H,17,18,19). The molecule has 6 heteroatoms. The molecule has 0 atom stereocenters. The van der Waals surface area contributed by atoms with Crippen LogP contribution in [-0.2, 0) is 11.2 Å². The van der Waals surface area contributed by atoms with E-state index in [9.17, 15) is 0 Å². The zero-order valence-corrected chi connectivity index (χ0v) is 12.4. The lowest BCUT2D eigenvalue weighted by Gasteiger charge is -2.11. The van der Waals surface area contributed by atoms with Crippen LogP contribution in [0.1, 0.15) is 11.1 Å². The van der Waals surface area contributed by atoms with E-state index in [2.05, 4.69) is 27.4 Å². The topological polar surface area (TPSA) is 67.3 Å². The molecule has 1 heterocycles. The van der Waals surface area contributed by atoms with E-state index >= 15 is 0 Å². The van der Waals surface area contributed by atoms with E-state index in [1.54, 1.807) is 6.20 Å². The van der Waals surface area contributed by atoms with Gasteiger partial charge in [0.15, 0.2) is 0 Å². The molecule has 21 heavy (non-hydrogen) atoms. The van der Waals surface area contributed by atoms with Crippen LogP contribution in [-0.4, -0.2) is 41.4 Å². The number of ether oxygens (including phenoxy) is 1. The maximum atomic E-state index is 8.64. The Bertz CT molecular complexity index is 552. The zero-order chi connectivity index (χ0) is 14.9. The van der Waals surface area contributed by atoms with Gasteiger partial charge in [0.2, 0.25) is 5.28 Å². The second-order valence-corrected chi connectivity index (χ2v) is 4.78. The molecule has 0 fully saturated rings. The van der Waals surface area contributed by atoms with Gasteiger partial charge in [0.25, 0.3) is 0 Å². The Morgan fingerprint density at radius 2 is 2.00 bits per heavy atom. The first-order chi connectivity index (χ1) is 10.3. The van der Waals surface area contributed by atoms with Gasteiger partial charge >= 0.3 is 0 Å². The monoisotopic (exact) mass is 307 g/mol. The zero-order valence-electron chi connectivity index (χ0n) is 11.6. The van der Waals surface area contributed by atoms with Gasteiger partial charge in [0, 0.05) is 24.7 Å². The number of aromatic nitrogens is 2. The van der Waals surface area contributed by atoms with Gasteiger partial charge in [-0.25, -0.2) is 9.97 Å². The van der Waals surface area contributed by atoms with Crippen molar-refractivity contribution in [3.05, 3.63) is 52.9 Å². The smallest absolute Gasteiger partial charge is 0.224 e. The van der Waals surface area contributed by atoms with Crippen molar-refractivity contribution in [2.24, 2.45) is 0 Å². The number of halogens is 1. The fourth-order valence-corrected chi connectivity index (χ4v) is 2.02. The Hall–Kier alpha value is -1.69. The van der Waals surface area contributed by atoms with Crippen molar-refractivity contribution < 1.29 is 9.84 Å². The molecule has 5 nitrogen and oxygen atoms in total. The van der Waals surface area contributed by atoms with Gasteiger partial charge in [-0.15, -0.1) is 0 Å². The SMILES string of the molecule is OCCOCCNc1nc(Cl)ncc1Cc1ccccc1. The van der Waals surface area contributed by atoms with Gasteiger partial charge in [0.05, 0.1) is 19.8 Å². The summed E-state index contributed by atoms with van der Waals surface area (Å²) in [7, 11) is 0. The maximum Gasteiger partial charge on any atom is 0.224 e. The molecule has 0 bridgehead atoms. The van der Waals surface area contributed by atoms with E-state index in [1.165, 1.54) is 5.56 Å². The predicted octanol–water partition coefficient (Wildman–Crippen LogP) is 2.14. The molecular formula is C15H18ClN3O2. The van der Waals surface area contributed by atoms with E-state index in [1.807, 2.05) is 18.2 Å². The van der Waals surface area contributed by atoms with Crippen LogP contribution in [0, 0.1) is 0 Å². The molecule has 0 radical (unpaired) electrons. The molecule has 0 spiro atoms. The first-order valence-corrected chi connectivity index (χ1v) is 7.15. The number of hydrogen-bond acceptors (Lipinski definition) is 5. The van der Waals surface area contributed by atoms with Gasteiger partial charge in [-0.3, -0.25) is 0 Å². The fourth-order valence-electron chi connectivity index (χ4n) is 1.89. The number of nitrogens with zero attached hydrogens (tertiary/aromatic N) is 2. The highest BCUT2D eigenvalue weighted by Crippen LogP contribution is 2.18. The normalized spacial score (nSPS) is 10.6. The van der Waals surface area contributed by atoms with Crippen LogP contribution in [0.4, 0.5) is 5.82 Å². The maximum absolute atomic E-state index is 8.64. The van der Waals surface area contributed by atoms with Gasteiger partial charge < -0.3 is 15.2 Å². The van der Waals surface area contributed by atoms with Crippen LogP contribution in [0.2, 0.25) is 5.28 Å². The first kappa shape index (κ1) is 15.7. The second kappa shape index (κ2) is 8.56. The van der Waals surface area contributed by atoms with E-state index in [-0.39, 0.29) is 11.9 Å². The third-order valence-corrected chi connectivity index (χ3v) is 3.03. The van der Waals surface area contributed by atoms with Crippen LogP contribution in [0.25, 0.3) is 0 Å². The summed E-state index contributed by atoms with van der Waals surface area (Å²) in [5.41, 5.74) is 2.16. The predicted molar refractivity (Wildman–Crippen MR) is 82.7 cm³/mol. The molecule has 0 aliphatic rings. The van der Waals surface area contributed by atoms with Crippen molar-refractivity contribution in [1.82, 2.24) is 9.97 Å². The van der Waals surface area contributed by atoms with Crippen molar-refractivity contribution in [3.63, 3.8) is 0 Å². The van der Waals surface area contributed by atoms with Crippen LogP contribution in [0.5, 0.6) is 0 Å². The highest BCUT2D eigenvalue weighted by molar-refractivity contribution is 6.28. The van der Waals surface area contributed by atoms with Crippen molar-refractivity contribution in [3.8, 4) is 0 Å². The lowest BCUT2D eigenvalue weighted by atomic mass is 10.1. The molecule has 0 saturated carbocycles. The van der Waals surface area contributed by atoms with Crippen molar-refractivity contribution in [2.45, 2.75) is 6.42 Å². The van der Waals surface area contributed by atoms with Gasteiger partial charge in [-0.1, -0.05) is 30.3 Å². The van der Waals surface area contributed by atoms with Gasteiger partial charge in [-0.05, 0) is 17.2 Å². The molecule has 1 aromatic heterocycles. The average Bonchev–Trinajstić information content (AvgIpc) is 2.51. The molecule has 0 aliphatic carbocycles. The molecule has 2 aromatic rings. The summed E-state index contributed by atoms with van der Waals surface area (Å²) in [6.45, 7) is 1.45. The summed E-state index contributed by atoms with van der Waals surface area (Å²) in [4.78, 5) is 8.27. The number of aliphatic hydroxyl groups is 1. The number of benzene rings is 1. The average molecular weight is 308 g/mol. The summed E-state index contributed by atoms with van der Waals surface area (Å²) in [5.74, 6) is 0.714. The molecule has 1 aromatic carbocycles. The molecule has 0 amide bonds. The first-order valence-electron chi connectivity index (χ1n) is 6.77. The molecule has 0 saturated heterocycles. The Morgan fingerprint density at radius 1 is 1.19 bits per heavy atom. The van der Waals surface area contributed by atoms with E-state index in [0.29, 0.717) is 25.6 Å². The summed E-state index contributed by atoms with van der Waals surface area (Å²) < 4.78 is 5.20. The number of nitrogens with one attached hydrogen (secondary N) is 1. The summed E-state index contributed by atoms with van der Waals surface area (Å²) in [5, 5.41) is 12.0. The molecule has 2 N–H and O–H groups in total. The van der Waals surface area contributed by atoms with E-state index < -0.39 is 0 Å². The lowest BCUT2D eigenvalue weighted by molar-refractivity contribution is 0.0992. The molecule has 0 aliphatic heterocycles. The largest absolute Gasteiger partial charge is 0.394 e. The minimum atomic E-state index is 0.0264.